The van der Waals surface area contributed by atoms with Gasteiger partial charge in [-0.2, -0.15) is 0 Å². The maximum atomic E-state index is 11.7. The number of ether oxygens (including phenoxy) is 1. The van der Waals surface area contributed by atoms with E-state index in [0.29, 0.717) is 27.6 Å². The van der Waals surface area contributed by atoms with Gasteiger partial charge >= 0.3 is 5.97 Å². The Morgan fingerprint density at radius 2 is 1.67 bits per heavy atom. The molecule has 5 saturated carbocycles. The van der Waals surface area contributed by atoms with Crippen molar-refractivity contribution in [2.24, 2.45) is 57.2 Å². The van der Waals surface area contributed by atoms with E-state index < -0.39 is 0 Å². The van der Waals surface area contributed by atoms with E-state index in [1.807, 2.05) is 0 Å². The first-order valence-corrected chi connectivity index (χ1v) is 14.7. The quantitative estimate of drug-likeness (QED) is 0.375. The summed E-state index contributed by atoms with van der Waals surface area (Å²) in [7, 11) is 0. The van der Waals surface area contributed by atoms with Crippen molar-refractivity contribution in [2.45, 2.75) is 132 Å². The molecule has 10 atom stereocenters. The zero-order valence-corrected chi connectivity index (χ0v) is 22.8. The summed E-state index contributed by atoms with van der Waals surface area (Å²) in [5, 5.41) is 0. The SMILES string of the molecule is CC(=O)O[C@H]1CC[C@]23C[C@]24CC[C@]2(C)[C@@H]([C@H](C)CCCC(C)C)CC[C@@]2(C)[C@@H]4CC[C@H]3[C@@H]1C. The van der Waals surface area contributed by atoms with Crippen molar-refractivity contribution in [3.05, 3.63) is 0 Å². The van der Waals surface area contributed by atoms with Crippen LogP contribution in [0.15, 0.2) is 0 Å². The topological polar surface area (TPSA) is 26.3 Å². The Hall–Kier alpha value is -0.530. The molecule has 0 amide bonds. The van der Waals surface area contributed by atoms with E-state index in [9.17, 15) is 4.79 Å². The van der Waals surface area contributed by atoms with Crippen LogP contribution in [0.1, 0.15) is 126 Å². The Kier molecular flexibility index (Phi) is 5.85. The summed E-state index contributed by atoms with van der Waals surface area (Å²) < 4.78 is 5.80. The summed E-state index contributed by atoms with van der Waals surface area (Å²) in [6, 6.07) is 0. The van der Waals surface area contributed by atoms with Crippen LogP contribution >= 0.6 is 0 Å². The number of rotatable bonds is 6. The lowest BCUT2D eigenvalue weighted by Crippen LogP contribution is -2.56. The summed E-state index contributed by atoms with van der Waals surface area (Å²) in [5.74, 6) is 4.84. The Bertz CT molecular complexity index is 773. The van der Waals surface area contributed by atoms with Crippen LogP contribution in [0.5, 0.6) is 0 Å². The molecule has 0 saturated heterocycles. The second kappa shape index (κ2) is 7.99. The van der Waals surface area contributed by atoms with Gasteiger partial charge < -0.3 is 4.74 Å². The lowest BCUT2D eigenvalue weighted by atomic mass is 9.43. The highest BCUT2D eigenvalue weighted by Gasteiger charge is 2.81. The Morgan fingerprint density at radius 1 is 0.909 bits per heavy atom. The highest BCUT2D eigenvalue weighted by Crippen LogP contribution is 2.88. The van der Waals surface area contributed by atoms with E-state index in [1.165, 1.54) is 70.6 Å². The van der Waals surface area contributed by atoms with Gasteiger partial charge in [0.2, 0.25) is 0 Å². The molecular weight excluding hydrogens is 404 g/mol. The Balaban J connectivity index is 1.35. The van der Waals surface area contributed by atoms with E-state index >= 15 is 0 Å². The fraction of sp³-hybridized carbons (Fsp3) is 0.968. The smallest absolute Gasteiger partial charge is 0.302 e. The summed E-state index contributed by atoms with van der Waals surface area (Å²) in [6.45, 7) is 16.8. The van der Waals surface area contributed by atoms with Gasteiger partial charge in [-0.1, -0.05) is 60.8 Å². The third-order valence-electron chi connectivity index (χ3n) is 13.1. The molecule has 5 fully saturated rings. The van der Waals surface area contributed by atoms with Crippen molar-refractivity contribution >= 4 is 5.97 Å². The minimum Gasteiger partial charge on any atom is -0.462 e. The monoisotopic (exact) mass is 456 g/mol. The number of esters is 1. The highest BCUT2D eigenvalue weighted by molar-refractivity contribution is 5.66. The van der Waals surface area contributed by atoms with Crippen LogP contribution in [0.2, 0.25) is 0 Å². The molecule has 2 heteroatoms. The molecule has 0 aliphatic heterocycles. The molecular formula is C31H52O2. The molecule has 188 valence electrons. The lowest BCUT2D eigenvalue weighted by Gasteiger charge is -2.62. The fourth-order valence-electron chi connectivity index (χ4n) is 11.4. The minimum atomic E-state index is -0.0811. The summed E-state index contributed by atoms with van der Waals surface area (Å²) in [5.41, 5.74) is 2.27. The van der Waals surface area contributed by atoms with Gasteiger partial charge in [0.15, 0.2) is 0 Å². The van der Waals surface area contributed by atoms with E-state index in [0.717, 1.165) is 36.0 Å². The van der Waals surface area contributed by atoms with Crippen molar-refractivity contribution in [3.63, 3.8) is 0 Å². The summed E-state index contributed by atoms with van der Waals surface area (Å²) in [4.78, 5) is 11.7. The first-order chi connectivity index (χ1) is 15.5. The fourth-order valence-corrected chi connectivity index (χ4v) is 11.4. The minimum absolute atomic E-state index is 0.0811. The third kappa shape index (κ3) is 3.27. The van der Waals surface area contributed by atoms with Gasteiger partial charge in [0.1, 0.15) is 6.10 Å². The molecule has 0 radical (unpaired) electrons. The van der Waals surface area contributed by atoms with Crippen molar-refractivity contribution in [1.29, 1.82) is 0 Å². The van der Waals surface area contributed by atoms with Crippen LogP contribution in [0, 0.1) is 57.2 Å². The van der Waals surface area contributed by atoms with Gasteiger partial charge in [0.05, 0.1) is 0 Å². The number of hydrogen-bond acceptors (Lipinski definition) is 2. The molecule has 2 spiro atoms. The van der Waals surface area contributed by atoms with E-state index in [1.54, 1.807) is 6.92 Å². The van der Waals surface area contributed by atoms with Crippen LogP contribution in [0.25, 0.3) is 0 Å². The average molecular weight is 457 g/mol. The molecule has 0 unspecified atom stereocenters. The highest BCUT2D eigenvalue weighted by atomic mass is 16.5. The van der Waals surface area contributed by atoms with Crippen LogP contribution in [0.3, 0.4) is 0 Å². The molecule has 33 heavy (non-hydrogen) atoms. The second-order valence-corrected chi connectivity index (χ2v) is 14.6. The van der Waals surface area contributed by atoms with Gasteiger partial charge in [-0.15, -0.1) is 0 Å². The number of hydrogen-bond donors (Lipinski definition) is 0. The lowest BCUT2D eigenvalue weighted by molar-refractivity contribution is -0.165. The maximum absolute atomic E-state index is 11.7. The Morgan fingerprint density at radius 3 is 2.36 bits per heavy atom. The van der Waals surface area contributed by atoms with Crippen LogP contribution in [0.4, 0.5) is 0 Å². The molecule has 5 rings (SSSR count). The van der Waals surface area contributed by atoms with E-state index in [-0.39, 0.29) is 12.1 Å². The standard InChI is InChI=1S/C31H52O2/c1-20(2)9-8-10-21(3)24-13-15-29(7)27-12-11-25-22(4)26(33-23(5)32)14-16-30(25)19-31(27,30)18-17-28(24,29)6/h20-22,24-27H,8-19H2,1-7H3/t21-,22+,24-,25+,26+,27+,28-,29+,30-,31+/m1/s1. The molecule has 0 aromatic rings. The zero-order chi connectivity index (χ0) is 23.8. The molecule has 0 bridgehead atoms. The van der Waals surface area contributed by atoms with E-state index in [2.05, 4.69) is 41.5 Å². The number of carbonyl (C=O) groups excluding carboxylic acids is 1. The maximum Gasteiger partial charge on any atom is 0.302 e. The molecule has 5 aliphatic rings. The van der Waals surface area contributed by atoms with Gasteiger partial charge in [-0.05, 0) is 115 Å². The van der Waals surface area contributed by atoms with Gasteiger partial charge in [0.25, 0.3) is 0 Å². The first-order valence-electron chi connectivity index (χ1n) is 14.7. The second-order valence-electron chi connectivity index (χ2n) is 14.6. The normalized spacial score (nSPS) is 51.2. The van der Waals surface area contributed by atoms with Gasteiger partial charge in [-0.25, -0.2) is 0 Å². The summed E-state index contributed by atoms with van der Waals surface area (Å²) in [6.07, 6.45) is 17.1. The predicted molar refractivity (Wildman–Crippen MR) is 136 cm³/mol. The first kappa shape index (κ1) is 24.2. The summed E-state index contributed by atoms with van der Waals surface area (Å²) >= 11 is 0. The molecule has 0 N–H and O–H groups in total. The average Bonchev–Trinajstić information content (AvgIpc) is 3.32. The van der Waals surface area contributed by atoms with Gasteiger partial charge in [0, 0.05) is 6.92 Å². The zero-order valence-electron chi connectivity index (χ0n) is 22.8. The largest absolute Gasteiger partial charge is 0.462 e. The van der Waals surface area contributed by atoms with Crippen molar-refractivity contribution < 1.29 is 9.53 Å². The van der Waals surface area contributed by atoms with E-state index in [4.69, 9.17) is 4.74 Å². The van der Waals surface area contributed by atoms with Crippen LogP contribution in [-0.2, 0) is 9.53 Å². The molecule has 0 heterocycles. The molecule has 0 aromatic heterocycles. The number of carbonyl (C=O) groups is 1. The molecule has 2 nitrogen and oxygen atoms in total. The molecule has 0 aromatic carbocycles. The third-order valence-corrected chi connectivity index (χ3v) is 13.1. The van der Waals surface area contributed by atoms with Crippen molar-refractivity contribution in [1.82, 2.24) is 0 Å². The van der Waals surface area contributed by atoms with Crippen LogP contribution in [-0.4, -0.2) is 12.1 Å². The van der Waals surface area contributed by atoms with Gasteiger partial charge in [-0.3, -0.25) is 4.79 Å². The van der Waals surface area contributed by atoms with Crippen molar-refractivity contribution in [3.8, 4) is 0 Å². The van der Waals surface area contributed by atoms with Crippen LogP contribution < -0.4 is 0 Å². The Labute approximate surface area is 204 Å². The predicted octanol–water partition coefficient (Wildman–Crippen LogP) is 8.43. The molecule has 5 aliphatic carbocycles. The number of fused-ring (bicyclic) bond motifs is 2. The van der Waals surface area contributed by atoms with Crippen molar-refractivity contribution in [2.75, 3.05) is 0 Å².